The van der Waals surface area contributed by atoms with Gasteiger partial charge in [-0.3, -0.25) is 0 Å². The third-order valence-electron chi connectivity index (χ3n) is 2.32. The van der Waals surface area contributed by atoms with E-state index in [0.29, 0.717) is 5.56 Å². The van der Waals surface area contributed by atoms with Crippen LogP contribution in [0.3, 0.4) is 0 Å². The number of halogens is 1. The molecule has 0 saturated carbocycles. The Bertz CT molecular complexity index is 485. The van der Waals surface area contributed by atoms with E-state index in [0.717, 1.165) is 0 Å². The molecular formula is C13H10FNO. The Balaban J connectivity index is 2.42. The van der Waals surface area contributed by atoms with E-state index in [2.05, 4.69) is 12.1 Å². The molecule has 2 nitrogen and oxygen atoms in total. The summed E-state index contributed by atoms with van der Waals surface area (Å²) in [5.41, 5.74) is 6.07. The molecule has 3 N–H and O–H groups in total. The number of aliphatic hydroxyl groups excluding tert-OH is 1. The molecule has 0 saturated heterocycles. The predicted octanol–water partition coefficient (Wildman–Crippen LogP) is 2.09. The molecule has 0 fully saturated rings. The summed E-state index contributed by atoms with van der Waals surface area (Å²) in [6.45, 7) is 0. The average molecular weight is 215 g/mol. The third-order valence-corrected chi connectivity index (χ3v) is 2.32. The normalized spacial score (nSPS) is 11.9. The van der Waals surface area contributed by atoms with Crippen molar-refractivity contribution in [1.29, 1.82) is 0 Å². The van der Waals surface area contributed by atoms with Gasteiger partial charge in [-0.2, -0.15) is 0 Å². The van der Waals surface area contributed by atoms with Crippen LogP contribution in [0.25, 0.3) is 0 Å². The summed E-state index contributed by atoms with van der Waals surface area (Å²) in [7, 11) is 0. The minimum absolute atomic E-state index is 0.0245. The van der Waals surface area contributed by atoms with Crippen LogP contribution in [0.4, 0.5) is 10.1 Å². The fourth-order valence-corrected chi connectivity index (χ4v) is 1.47. The van der Waals surface area contributed by atoms with Crippen molar-refractivity contribution in [3.8, 4) is 0 Å². The van der Waals surface area contributed by atoms with Crippen molar-refractivity contribution in [2.24, 2.45) is 0 Å². The standard InChI is InChI=1S/C13H10FNO/c14-12-10(7-4-8-11(12)15)13(16)9-5-2-1-3-6-9/h1-2,4-5,7-8,13,16H,15H2. The maximum atomic E-state index is 13.6. The molecule has 2 aromatic rings. The van der Waals surface area contributed by atoms with Gasteiger partial charge in [0.05, 0.1) is 5.69 Å². The summed E-state index contributed by atoms with van der Waals surface area (Å²) in [5.74, 6) is -0.591. The van der Waals surface area contributed by atoms with Crippen molar-refractivity contribution >= 4 is 5.69 Å². The number of nitrogen functional groups attached to an aromatic ring is 1. The summed E-state index contributed by atoms with van der Waals surface area (Å²) in [6, 6.07) is 15.0. The lowest BCUT2D eigenvalue weighted by Crippen LogP contribution is -2.04. The van der Waals surface area contributed by atoms with Gasteiger partial charge in [0, 0.05) is 11.1 Å². The molecule has 0 aliphatic heterocycles. The highest BCUT2D eigenvalue weighted by Crippen LogP contribution is 2.25. The van der Waals surface area contributed by atoms with Crippen LogP contribution < -0.4 is 5.73 Å². The van der Waals surface area contributed by atoms with Gasteiger partial charge in [-0.1, -0.05) is 30.3 Å². The molecule has 1 atom stereocenters. The molecule has 3 heteroatoms. The first-order chi connectivity index (χ1) is 7.70. The number of aliphatic hydroxyl groups is 1. The molecule has 0 aliphatic rings. The van der Waals surface area contributed by atoms with Gasteiger partial charge in [0.2, 0.25) is 0 Å². The Hall–Kier alpha value is -2.05. The summed E-state index contributed by atoms with van der Waals surface area (Å²) in [6.07, 6.45) is -1.07. The van der Waals surface area contributed by atoms with Gasteiger partial charge < -0.3 is 10.8 Å². The number of anilines is 1. The summed E-state index contributed by atoms with van der Waals surface area (Å²) < 4.78 is 13.6. The van der Waals surface area contributed by atoms with Crippen molar-refractivity contribution in [3.05, 3.63) is 65.5 Å². The van der Waals surface area contributed by atoms with E-state index in [1.807, 2.05) is 0 Å². The van der Waals surface area contributed by atoms with Crippen LogP contribution in [-0.4, -0.2) is 5.11 Å². The fraction of sp³-hybridized carbons (Fsp3) is 0.0769. The van der Waals surface area contributed by atoms with Crippen LogP contribution in [-0.2, 0) is 0 Å². The largest absolute Gasteiger partial charge is 0.396 e. The summed E-state index contributed by atoms with van der Waals surface area (Å²) in [5, 5.41) is 9.95. The van der Waals surface area contributed by atoms with Gasteiger partial charge in [-0.05, 0) is 18.2 Å². The van der Waals surface area contributed by atoms with Crippen molar-refractivity contribution in [1.82, 2.24) is 0 Å². The predicted molar refractivity (Wildman–Crippen MR) is 59.0 cm³/mol. The minimum atomic E-state index is -1.07. The Morgan fingerprint density at radius 3 is 2.75 bits per heavy atom. The van der Waals surface area contributed by atoms with Gasteiger partial charge >= 0.3 is 0 Å². The number of hydrogen-bond acceptors (Lipinski definition) is 2. The Labute approximate surface area is 93.2 Å². The Morgan fingerprint density at radius 2 is 2.06 bits per heavy atom. The molecule has 1 unspecified atom stereocenters. The van der Waals surface area contributed by atoms with Gasteiger partial charge in [0.1, 0.15) is 6.10 Å². The van der Waals surface area contributed by atoms with Crippen LogP contribution in [0.1, 0.15) is 17.2 Å². The molecular weight excluding hydrogens is 205 g/mol. The second-order valence-corrected chi connectivity index (χ2v) is 3.40. The minimum Gasteiger partial charge on any atom is -0.396 e. The van der Waals surface area contributed by atoms with Crippen LogP contribution in [0.5, 0.6) is 0 Å². The van der Waals surface area contributed by atoms with Crippen LogP contribution in [0, 0.1) is 17.9 Å². The molecule has 0 spiro atoms. The topological polar surface area (TPSA) is 46.2 Å². The van der Waals surface area contributed by atoms with Crippen molar-refractivity contribution in [3.63, 3.8) is 0 Å². The second-order valence-electron chi connectivity index (χ2n) is 3.40. The molecule has 0 amide bonds. The monoisotopic (exact) mass is 215 g/mol. The van der Waals surface area contributed by atoms with Crippen LogP contribution >= 0.6 is 0 Å². The zero-order valence-electron chi connectivity index (χ0n) is 8.44. The Kier molecular flexibility index (Phi) is 2.76. The van der Waals surface area contributed by atoms with E-state index in [1.165, 1.54) is 12.1 Å². The highest BCUT2D eigenvalue weighted by Gasteiger charge is 2.16. The molecule has 80 valence electrons. The lowest BCUT2D eigenvalue weighted by atomic mass is 10.0. The van der Waals surface area contributed by atoms with E-state index < -0.39 is 11.9 Å². The lowest BCUT2D eigenvalue weighted by molar-refractivity contribution is 0.215. The number of benzene rings is 1. The molecule has 0 aliphatic carbocycles. The van der Waals surface area contributed by atoms with Gasteiger partial charge in [-0.15, -0.1) is 0 Å². The van der Waals surface area contributed by atoms with Gasteiger partial charge in [0.15, 0.2) is 5.82 Å². The zero-order chi connectivity index (χ0) is 11.5. The summed E-state index contributed by atoms with van der Waals surface area (Å²) in [4.78, 5) is 0. The van der Waals surface area contributed by atoms with Gasteiger partial charge in [-0.25, -0.2) is 4.39 Å². The SMILES string of the molecule is Nc1cccc(C(O)c2c#cccc2)c1F. The van der Waals surface area contributed by atoms with Crippen molar-refractivity contribution in [2.45, 2.75) is 6.10 Å². The first-order valence-electron chi connectivity index (χ1n) is 4.80. The lowest BCUT2D eigenvalue weighted by Gasteiger charge is -2.11. The first kappa shape index (κ1) is 10.5. The van der Waals surface area contributed by atoms with E-state index in [-0.39, 0.29) is 11.3 Å². The quantitative estimate of drug-likeness (QED) is 0.753. The van der Waals surface area contributed by atoms with Crippen LogP contribution in [0.15, 0.2) is 36.4 Å². The zero-order valence-corrected chi connectivity index (χ0v) is 8.44. The van der Waals surface area contributed by atoms with Crippen molar-refractivity contribution < 1.29 is 9.50 Å². The average Bonchev–Trinajstić information content (AvgIpc) is 2.33. The molecule has 2 rings (SSSR count). The smallest absolute Gasteiger partial charge is 0.152 e. The van der Waals surface area contributed by atoms with E-state index in [1.54, 1.807) is 24.3 Å². The first-order valence-corrected chi connectivity index (χ1v) is 4.80. The summed E-state index contributed by atoms with van der Waals surface area (Å²) >= 11 is 0. The molecule has 0 heterocycles. The number of hydrogen-bond donors (Lipinski definition) is 2. The maximum absolute atomic E-state index is 13.6. The van der Waals surface area contributed by atoms with Crippen molar-refractivity contribution in [2.75, 3.05) is 5.73 Å². The molecule has 0 aromatic heterocycles. The van der Waals surface area contributed by atoms with E-state index >= 15 is 0 Å². The number of rotatable bonds is 2. The van der Waals surface area contributed by atoms with E-state index in [9.17, 15) is 9.50 Å². The van der Waals surface area contributed by atoms with Crippen LogP contribution in [0.2, 0.25) is 0 Å². The number of nitrogens with two attached hydrogens (primary N) is 1. The molecule has 0 bridgehead atoms. The Morgan fingerprint density at radius 1 is 1.25 bits per heavy atom. The molecule has 2 aromatic carbocycles. The van der Waals surface area contributed by atoms with E-state index in [4.69, 9.17) is 5.73 Å². The fourth-order valence-electron chi connectivity index (χ4n) is 1.47. The highest BCUT2D eigenvalue weighted by molar-refractivity contribution is 5.45. The molecule has 16 heavy (non-hydrogen) atoms. The molecule has 0 radical (unpaired) electrons. The third kappa shape index (κ3) is 1.83. The second kappa shape index (κ2) is 4.21. The maximum Gasteiger partial charge on any atom is 0.152 e. The highest BCUT2D eigenvalue weighted by atomic mass is 19.1. The van der Waals surface area contributed by atoms with Gasteiger partial charge in [0.25, 0.3) is 0 Å².